The summed E-state index contributed by atoms with van der Waals surface area (Å²) in [4.78, 5) is 4.40. The zero-order valence-corrected chi connectivity index (χ0v) is 16.9. The molecule has 0 spiro atoms. The zero-order chi connectivity index (χ0) is 20.2. The molecule has 2 aromatic carbocycles. The first-order valence-corrected chi connectivity index (χ1v) is 10.3. The van der Waals surface area contributed by atoms with Crippen molar-refractivity contribution < 1.29 is 8.91 Å². The Balaban J connectivity index is 1.64. The molecule has 0 aliphatic rings. The van der Waals surface area contributed by atoms with Gasteiger partial charge < -0.3 is 4.52 Å². The third-order valence-electron chi connectivity index (χ3n) is 4.32. The lowest BCUT2D eigenvalue weighted by Gasteiger charge is -2.10. The van der Waals surface area contributed by atoms with Crippen LogP contribution in [0.1, 0.15) is 37.0 Å². The molecule has 8 heteroatoms. The van der Waals surface area contributed by atoms with Crippen LogP contribution in [0.25, 0.3) is 11.4 Å². The van der Waals surface area contributed by atoms with Gasteiger partial charge in [0.2, 0.25) is 5.89 Å². The van der Waals surface area contributed by atoms with Crippen LogP contribution in [0.2, 0.25) is 0 Å². The number of nitrogens with zero attached hydrogens (tertiary/aromatic N) is 5. The molecule has 2 aromatic heterocycles. The fourth-order valence-corrected chi connectivity index (χ4v) is 3.62. The molecule has 0 bridgehead atoms. The molecule has 0 atom stereocenters. The Kier molecular flexibility index (Phi) is 5.71. The molecule has 0 aliphatic carbocycles. The summed E-state index contributed by atoms with van der Waals surface area (Å²) < 4.78 is 21.6. The maximum atomic E-state index is 14.4. The molecule has 0 fully saturated rings. The Morgan fingerprint density at radius 3 is 2.52 bits per heavy atom. The Morgan fingerprint density at radius 1 is 1.03 bits per heavy atom. The lowest BCUT2D eigenvalue weighted by atomic mass is 10.2. The van der Waals surface area contributed by atoms with Crippen LogP contribution in [0.15, 0.2) is 64.3 Å². The molecule has 6 nitrogen and oxygen atoms in total. The van der Waals surface area contributed by atoms with Crippen LogP contribution in [0.3, 0.4) is 0 Å². The first-order chi connectivity index (χ1) is 14.1. The molecule has 0 radical (unpaired) electrons. The molecular formula is C21H20FN5OS. The molecule has 29 heavy (non-hydrogen) atoms. The van der Waals surface area contributed by atoms with E-state index in [9.17, 15) is 4.39 Å². The standard InChI is InChI=1S/C21H20FN5OS/c1-14(2)20-23-18(26-28-20)13-29-21-25-24-19(16-10-6-7-11-17(16)22)27(21)12-15-8-4-3-5-9-15/h3-11,14H,12-13H2,1-2H3. The van der Waals surface area contributed by atoms with Gasteiger partial charge in [-0.1, -0.05) is 73.2 Å². The van der Waals surface area contributed by atoms with E-state index in [1.807, 2.05) is 48.7 Å². The Morgan fingerprint density at radius 2 is 1.79 bits per heavy atom. The minimum absolute atomic E-state index is 0.177. The second kappa shape index (κ2) is 8.57. The van der Waals surface area contributed by atoms with E-state index in [0.29, 0.717) is 40.6 Å². The highest BCUT2D eigenvalue weighted by Crippen LogP contribution is 2.28. The quantitative estimate of drug-likeness (QED) is 0.403. The molecule has 0 unspecified atom stereocenters. The van der Waals surface area contributed by atoms with Gasteiger partial charge in [-0.15, -0.1) is 10.2 Å². The number of benzene rings is 2. The van der Waals surface area contributed by atoms with Gasteiger partial charge in [0, 0.05) is 5.92 Å². The number of hydrogen-bond acceptors (Lipinski definition) is 6. The van der Waals surface area contributed by atoms with Crippen molar-refractivity contribution in [2.24, 2.45) is 0 Å². The number of thioether (sulfide) groups is 1. The van der Waals surface area contributed by atoms with E-state index in [1.165, 1.54) is 17.8 Å². The van der Waals surface area contributed by atoms with Gasteiger partial charge in [0.25, 0.3) is 0 Å². The van der Waals surface area contributed by atoms with Gasteiger partial charge in [-0.3, -0.25) is 4.57 Å². The predicted molar refractivity (Wildman–Crippen MR) is 109 cm³/mol. The Hall–Kier alpha value is -3.00. The number of rotatable bonds is 7. The van der Waals surface area contributed by atoms with E-state index in [-0.39, 0.29) is 11.7 Å². The van der Waals surface area contributed by atoms with E-state index >= 15 is 0 Å². The smallest absolute Gasteiger partial charge is 0.229 e. The van der Waals surface area contributed by atoms with Gasteiger partial charge in [0.15, 0.2) is 16.8 Å². The van der Waals surface area contributed by atoms with Crippen LogP contribution in [0, 0.1) is 5.82 Å². The van der Waals surface area contributed by atoms with E-state index in [0.717, 1.165) is 5.56 Å². The average Bonchev–Trinajstić information content (AvgIpc) is 3.35. The van der Waals surface area contributed by atoms with Crippen molar-refractivity contribution in [1.29, 1.82) is 0 Å². The van der Waals surface area contributed by atoms with Crippen molar-refractivity contribution >= 4 is 11.8 Å². The highest BCUT2D eigenvalue weighted by Gasteiger charge is 2.18. The Bertz CT molecular complexity index is 1090. The van der Waals surface area contributed by atoms with Gasteiger partial charge in [0.1, 0.15) is 5.82 Å². The van der Waals surface area contributed by atoms with E-state index in [1.54, 1.807) is 18.2 Å². The largest absolute Gasteiger partial charge is 0.339 e. The lowest BCUT2D eigenvalue weighted by molar-refractivity contribution is 0.362. The lowest BCUT2D eigenvalue weighted by Crippen LogP contribution is -2.05. The molecule has 4 aromatic rings. The van der Waals surface area contributed by atoms with Crippen LogP contribution in [0.5, 0.6) is 0 Å². The number of halogens is 1. The third kappa shape index (κ3) is 4.37. The normalized spacial score (nSPS) is 11.3. The summed E-state index contributed by atoms with van der Waals surface area (Å²) in [6, 6.07) is 16.5. The topological polar surface area (TPSA) is 69.6 Å². The van der Waals surface area contributed by atoms with Gasteiger partial charge in [-0.2, -0.15) is 4.98 Å². The molecule has 0 amide bonds. The van der Waals surface area contributed by atoms with Gasteiger partial charge in [-0.25, -0.2) is 4.39 Å². The summed E-state index contributed by atoms with van der Waals surface area (Å²) in [6.45, 7) is 4.53. The van der Waals surface area contributed by atoms with E-state index < -0.39 is 0 Å². The minimum Gasteiger partial charge on any atom is -0.339 e. The number of hydrogen-bond donors (Lipinski definition) is 0. The van der Waals surface area contributed by atoms with Crippen molar-refractivity contribution in [1.82, 2.24) is 24.9 Å². The summed E-state index contributed by atoms with van der Waals surface area (Å²) in [7, 11) is 0. The molecule has 4 rings (SSSR count). The molecule has 0 saturated carbocycles. The fourth-order valence-electron chi connectivity index (χ4n) is 2.84. The highest BCUT2D eigenvalue weighted by atomic mass is 32.2. The zero-order valence-electron chi connectivity index (χ0n) is 16.1. The van der Waals surface area contributed by atoms with Gasteiger partial charge >= 0.3 is 0 Å². The molecule has 0 aliphatic heterocycles. The molecule has 2 heterocycles. The summed E-state index contributed by atoms with van der Waals surface area (Å²) in [5.41, 5.74) is 1.50. The maximum Gasteiger partial charge on any atom is 0.229 e. The van der Waals surface area contributed by atoms with E-state index in [2.05, 4.69) is 20.3 Å². The van der Waals surface area contributed by atoms with Crippen molar-refractivity contribution in [2.75, 3.05) is 0 Å². The summed E-state index contributed by atoms with van der Waals surface area (Å²) in [6.07, 6.45) is 0. The summed E-state index contributed by atoms with van der Waals surface area (Å²) in [5, 5.41) is 13.3. The summed E-state index contributed by atoms with van der Waals surface area (Å²) >= 11 is 1.45. The van der Waals surface area contributed by atoms with E-state index in [4.69, 9.17) is 4.52 Å². The second-order valence-electron chi connectivity index (χ2n) is 6.85. The SMILES string of the molecule is CC(C)c1nc(CSc2nnc(-c3ccccc3F)n2Cc2ccccc2)no1. The minimum atomic E-state index is -0.328. The van der Waals surface area contributed by atoms with Crippen molar-refractivity contribution in [2.45, 2.75) is 37.2 Å². The van der Waals surface area contributed by atoms with Crippen LogP contribution >= 0.6 is 11.8 Å². The van der Waals surface area contributed by atoms with Gasteiger partial charge in [0.05, 0.1) is 17.9 Å². The third-order valence-corrected chi connectivity index (χ3v) is 5.29. The number of aromatic nitrogens is 5. The van der Waals surface area contributed by atoms with Crippen LogP contribution in [0.4, 0.5) is 4.39 Å². The first kappa shape index (κ1) is 19.3. The highest BCUT2D eigenvalue weighted by molar-refractivity contribution is 7.98. The van der Waals surface area contributed by atoms with Crippen LogP contribution in [-0.2, 0) is 12.3 Å². The average molecular weight is 409 g/mol. The monoisotopic (exact) mass is 409 g/mol. The molecular weight excluding hydrogens is 389 g/mol. The molecule has 148 valence electrons. The molecule has 0 saturated heterocycles. The first-order valence-electron chi connectivity index (χ1n) is 9.29. The Labute approximate surface area is 172 Å². The molecule has 0 N–H and O–H groups in total. The predicted octanol–water partition coefficient (Wildman–Crippen LogP) is 4.93. The summed E-state index contributed by atoms with van der Waals surface area (Å²) in [5.74, 6) is 2.03. The fraction of sp³-hybridized carbons (Fsp3) is 0.238. The van der Waals surface area contributed by atoms with Crippen LogP contribution in [-0.4, -0.2) is 24.9 Å². The van der Waals surface area contributed by atoms with Crippen molar-refractivity contribution in [3.05, 3.63) is 77.7 Å². The van der Waals surface area contributed by atoms with Gasteiger partial charge in [-0.05, 0) is 17.7 Å². The maximum absolute atomic E-state index is 14.4. The van der Waals surface area contributed by atoms with Crippen molar-refractivity contribution in [3.8, 4) is 11.4 Å². The second-order valence-corrected chi connectivity index (χ2v) is 7.79. The van der Waals surface area contributed by atoms with Crippen molar-refractivity contribution in [3.63, 3.8) is 0 Å². The van der Waals surface area contributed by atoms with Crippen LogP contribution < -0.4 is 0 Å².